The minimum absolute atomic E-state index is 0.0503. The van der Waals surface area contributed by atoms with Crippen molar-refractivity contribution >= 4 is 21.6 Å². The highest BCUT2D eigenvalue weighted by Crippen LogP contribution is 2.33. The van der Waals surface area contributed by atoms with E-state index in [9.17, 15) is 4.79 Å². The average molecular weight is 417 g/mol. The van der Waals surface area contributed by atoms with Crippen molar-refractivity contribution in [1.29, 1.82) is 0 Å². The number of pyridine rings is 1. The van der Waals surface area contributed by atoms with Gasteiger partial charge in [0.15, 0.2) is 0 Å². The van der Waals surface area contributed by atoms with Gasteiger partial charge < -0.3 is 5.32 Å². The van der Waals surface area contributed by atoms with E-state index in [4.69, 9.17) is 0 Å². The molecule has 1 aromatic carbocycles. The number of aromatic nitrogens is 3. The van der Waals surface area contributed by atoms with Crippen molar-refractivity contribution in [2.24, 2.45) is 0 Å². The lowest BCUT2D eigenvalue weighted by atomic mass is 9.93. The Morgan fingerprint density at radius 2 is 2.13 bits per heavy atom. The highest BCUT2D eigenvalue weighted by atomic mass is 32.1. The molecule has 4 aromatic rings. The van der Waals surface area contributed by atoms with Crippen LogP contribution in [0.15, 0.2) is 59.8 Å². The van der Waals surface area contributed by atoms with Crippen LogP contribution >= 0.6 is 11.3 Å². The molecule has 30 heavy (non-hydrogen) atoms. The summed E-state index contributed by atoms with van der Waals surface area (Å²) in [6.07, 6.45) is 6.34. The molecule has 0 unspecified atom stereocenters. The number of hydrogen-bond donors (Lipinski definition) is 1. The third kappa shape index (κ3) is 3.80. The summed E-state index contributed by atoms with van der Waals surface area (Å²) in [7, 11) is 0. The first-order valence-electron chi connectivity index (χ1n) is 10.4. The van der Waals surface area contributed by atoms with Gasteiger partial charge in [-0.1, -0.05) is 35.9 Å². The summed E-state index contributed by atoms with van der Waals surface area (Å²) in [5.41, 5.74) is 4.73. The molecular formula is C24H24N4OS. The van der Waals surface area contributed by atoms with Crippen LogP contribution in [0.1, 0.15) is 33.7 Å². The van der Waals surface area contributed by atoms with Gasteiger partial charge in [-0.15, -0.1) is 11.3 Å². The van der Waals surface area contributed by atoms with Gasteiger partial charge in [-0.3, -0.25) is 14.3 Å². The molecule has 3 heterocycles. The molecule has 0 saturated heterocycles. The fraction of sp³-hybridized carbons (Fsp3) is 0.292. The van der Waals surface area contributed by atoms with E-state index in [1.807, 2.05) is 18.2 Å². The third-order valence-corrected chi connectivity index (χ3v) is 6.93. The smallest absolute Gasteiger partial charge is 0.262 e. The molecule has 1 aliphatic carbocycles. The summed E-state index contributed by atoms with van der Waals surface area (Å²) >= 11 is 1.68. The Balaban J connectivity index is 1.36. The first kappa shape index (κ1) is 19.2. The predicted molar refractivity (Wildman–Crippen MR) is 121 cm³/mol. The van der Waals surface area contributed by atoms with Gasteiger partial charge in [-0.05, 0) is 49.4 Å². The van der Waals surface area contributed by atoms with Crippen molar-refractivity contribution in [2.75, 3.05) is 0 Å². The van der Waals surface area contributed by atoms with E-state index in [1.54, 1.807) is 28.4 Å². The molecule has 1 atom stereocenters. The maximum atomic E-state index is 13.2. The van der Waals surface area contributed by atoms with Crippen LogP contribution in [-0.4, -0.2) is 20.6 Å². The molecule has 3 aromatic heterocycles. The van der Waals surface area contributed by atoms with Gasteiger partial charge in [0.05, 0.1) is 24.0 Å². The normalized spacial score (nSPS) is 16.0. The molecule has 5 rings (SSSR count). The summed E-state index contributed by atoms with van der Waals surface area (Å²) < 4.78 is 1.68. The van der Waals surface area contributed by atoms with Crippen LogP contribution in [-0.2, 0) is 25.9 Å². The number of benzene rings is 1. The number of fused-ring (bicyclic) bond motifs is 3. The lowest BCUT2D eigenvalue weighted by Crippen LogP contribution is -2.33. The van der Waals surface area contributed by atoms with Crippen LogP contribution in [0, 0.1) is 6.92 Å². The van der Waals surface area contributed by atoms with Crippen LogP contribution in [0.25, 0.3) is 10.2 Å². The Bertz CT molecular complexity index is 1250. The van der Waals surface area contributed by atoms with Crippen molar-refractivity contribution in [1.82, 2.24) is 19.9 Å². The number of nitrogens with one attached hydrogen (secondary N) is 1. The van der Waals surface area contributed by atoms with Gasteiger partial charge >= 0.3 is 0 Å². The van der Waals surface area contributed by atoms with E-state index < -0.39 is 0 Å². The molecule has 6 heteroatoms. The van der Waals surface area contributed by atoms with E-state index in [2.05, 4.69) is 46.5 Å². The summed E-state index contributed by atoms with van der Waals surface area (Å²) in [6.45, 7) is 3.46. The van der Waals surface area contributed by atoms with Crippen LogP contribution in [0.3, 0.4) is 0 Å². The highest BCUT2D eigenvalue weighted by Gasteiger charge is 2.25. The van der Waals surface area contributed by atoms with Crippen molar-refractivity contribution in [2.45, 2.75) is 45.3 Å². The van der Waals surface area contributed by atoms with Crippen molar-refractivity contribution in [3.63, 3.8) is 0 Å². The maximum absolute atomic E-state index is 13.2. The van der Waals surface area contributed by atoms with E-state index in [0.717, 1.165) is 41.7 Å². The topological polar surface area (TPSA) is 59.8 Å². The lowest BCUT2D eigenvalue weighted by Gasteiger charge is -2.23. The highest BCUT2D eigenvalue weighted by molar-refractivity contribution is 7.18. The van der Waals surface area contributed by atoms with Gasteiger partial charge in [-0.25, -0.2) is 4.98 Å². The summed E-state index contributed by atoms with van der Waals surface area (Å²) in [4.78, 5) is 24.3. The minimum atomic E-state index is 0.0503. The van der Waals surface area contributed by atoms with Crippen LogP contribution < -0.4 is 10.9 Å². The first-order chi connectivity index (χ1) is 14.7. The zero-order valence-corrected chi connectivity index (χ0v) is 17.8. The van der Waals surface area contributed by atoms with Crippen LogP contribution in [0.4, 0.5) is 0 Å². The fourth-order valence-corrected chi connectivity index (χ4v) is 5.50. The molecule has 0 aliphatic heterocycles. The number of thiophene rings is 1. The Kier molecular flexibility index (Phi) is 5.19. The predicted octanol–water partition coefficient (Wildman–Crippen LogP) is 3.86. The summed E-state index contributed by atoms with van der Waals surface area (Å²) in [5, 5.41) is 4.51. The van der Waals surface area contributed by atoms with Crippen molar-refractivity contribution in [3.8, 4) is 0 Å². The first-order valence-corrected chi connectivity index (χ1v) is 11.2. The summed E-state index contributed by atoms with van der Waals surface area (Å²) in [5.74, 6) is 0. The second-order valence-corrected chi connectivity index (χ2v) is 9.08. The van der Waals surface area contributed by atoms with Gasteiger partial charge in [0.2, 0.25) is 0 Å². The SMILES string of the molecule is Cc1cccc(CN[C@H]2CCc3c(sc4ncn(Cc5ccccn5)c(=O)c34)C2)c1. The van der Waals surface area contributed by atoms with Crippen molar-refractivity contribution < 1.29 is 0 Å². The average Bonchev–Trinajstić information content (AvgIpc) is 3.13. The molecule has 0 saturated carbocycles. The van der Waals surface area contributed by atoms with Crippen molar-refractivity contribution in [3.05, 3.63) is 92.6 Å². The maximum Gasteiger partial charge on any atom is 0.262 e. The number of hydrogen-bond acceptors (Lipinski definition) is 5. The number of rotatable bonds is 5. The van der Waals surface area contributed by atoms with Crippen LogP contribution in [0.2, 0.25) is 0 Å². The molecule has 0 amide bonds. The molecule has 0 spiro atoms. The van der Waals surface area contributed by atoms with E-state index in [-0.39, 0.29) is 5.56 Å². The monoisotopic (exact) mass is 416 g/mol. The van der Waals surface area contributed by atoms with E-state index >= 15 is 0 Å². The van der Waals surface area contributed by atoms with Gasteiger partial charge in [0.1, 0.15) is 4.83 Å². The molecule has 0 fully saturated rings. The largest absolute Gasteiger partial charge is 0.310 e. The second-order valence-electron chi connectivity index (χ2n) is 7.99. The fourth-order valence-electron chi connectivity index (χ4n) is 4.24. The Morgan fingerprint density at radius 3 is 2.97 bits per heavy atom. The molecule has 5 nitrogen and oxygen atoms in total. The summed E-state index contributed by atoms with van der Waals surface area (Å²) in [6, 6.07) is 14.8. The molecule has 152 valence electrons. The van der Waals surface area contributed by atoms with Gasteiger partial charge in [-0.2, -0.15) is 0 Å². The van der Waals surface area contributed by atoms with E-state index in [1.165, 1.54) is 21.6 Å². The van der Waals surface area contributed by atoms with Gasteiger partial charge in [0.25, 0.3) is 5.56 Å². The zero-order valence-electron chi connectivity index (χ0n) is 17.0. The zero-order chi connectivity index (χ0) is 20.5. The lowest BCUT2D eigenvalue weighted by molar-refractivity contribution is 0.462. The third-order valence-electron chi connectivity index (χ3n) is 5.77. The minimum Gasteiger partial charge on any atom is -0.310 e. The number of aryl methyl sites for hydroxylation is 2. The van der Waals surface area contributed by atoms with Gasteiger partial charge in [0, 0.05) is 23.7 Å². The Labute approximate surface area is 179 Å². The standard InChI is InChI=1S/C24H24N4OS/c1-16-5-4-6-17(11-16)13-26-18-8-9-20-21(12-18)30-23-22(20)24(29)28(15-27-23)14-19-7-2-3-10-25-19/h2-7,10-11,15,18,26H,8-9,12-14H2,1H3/t18-/m0/s1. The molecule has 1 N–H and O–H groups in total. The second kappa shape index (κ2) is 8.13. The Hall–Kier alpha value is -2.83. The van der Waals surface area contributed by atoms with E-state index in [0.29, 0.717) is 12.6 Å². The van der Waals surface area contributed by atoms with Crippen LogP contribution in [0.5, 0.6) is 0 Å². The quantitative estimate of drug-likeness (QED) is 0.537. The molecule has 1 aliphatic rings. The number of nitrogens with zero attached hydrogens (tertiary/aromatic N) is 3. The molecular weight excluding hydrogens is 392 g/mol. The molecule has 0 bridgehead atoms. The molecule has 0 radical (unpaired) electrons. The Morgan fingerprint density at radius 1 is 1.20 bits per heavy atom.